The predicted molar refractivity (Wildman–Crippen MR) is 79.3 cm³/mol. The van der Waals surface area contributed by atoms with Crippen LogP contribution in [0.5, 0.6) is 11.5 Å². The zero-order valence-electron chi connectivity index (χ0n) is 12.7. The van der Waals surface area contributed by atoms with E-state index in [1.165, 1.54) is 0 Å². The van der Waals surface area contributed by atoms with Crippen LogP contribution in [0.15, 0.2) is 18.2 Å². The van der Waals surface area contributed by atoms with E-state index in [9.17, 15) is 5.11 Å². The van der Waals surface area contributed by atoms with Gasteiger partial charge in [-0.25, -0.2) is 0 Å². The quantitative estimate of drug-likeness (QED) is 0.919. The van der Waals surface area contributed by atoms with Crippen molar-refractivity contribution in [1.29, 1.82) is 0 Å². The molecule has 1 atom stereocenters. The molecule has 0 bridgehead atoms. The first-order valence-electron chi connectivity index (χ1n) is 7.20. The molecule has 0 amide bonds. The fraction of sp³-hybridized carbons (Fsp3) is 0.625. The van der Waals surface area contributed by atoms with Crippen molar-refractivity contribution in [2.75, 3.05) is 27.3 Å². The van der Waals surface area contributed by atoms with Gasteiger partial charge in [-0.2, -0.15) is 0 Å². The second kappa shape index (κ2) is 6.46. The number of likely N-dealkylation sites (tertiary alicyclic amines) is 1. The first kappa shape index (κ1) is 15.1. The van der Waals surface area contributed by atoms with E-state index in [2.05, 4.69) is 4.90 Å². The van der Waals surface area contributed by atoms with Crippen molar-refractivity contribution in [3.63, 3.8) is 0 Å². The van der Waals surface area contributed by atoms with E-state index in [4.69, 9.17) is 9.47 Å². The van der Waals surface area contributed by atoms with Gasteiger partial charge in [0.25, 0.3) is 0 Å². The van der Waals surface area contributed by atoms with Crippen LogP contribution in [0.2, 0.25) is 0 Å². The smallest absolute Gasteiger partial charge is 0.123 e. The zero-order chi connectivity index (χ0) is 14.6. The minimum atomic E-state index is -0.521. The molecular weight excluding hydrogens is 254 g/mol. The van der Waals surface area contributed by atoms with E-state index in [0.717, 1.165) is 56.0 Å². The second-order valence-corrected chi connectivity index (χ2v) is 5.80. The van der Waals surface area contributed by atoms with Gasteiger partial charge >= 0.3 is 0 Å². The van der Waals surface area contributed by atoms with Gasteiger partial charge in [0.2, 0.25) is 0 Å². The van der Waals surface area contributed by atoms with Crippen LogP contribution >= 0.6 is 0 Å². The Hall–Kier alpha value is -1.26. The van der Waals surface area contributed by atoms with Crippen LogP contribution < -0.4 is 9.47 Å². The molecule has 20 heavy (non-hydrogen) atoms. The standard InChI is InChI=1S/C16H25NO3/c1-16(18)7-4-9-17(10-8-16)12-13-11-14(19-2)5-6-15(13)20-3/h5-6,11,18H,4,7-10,12H2,1-3H3. The van der Waals surface area contributed by atoms with Crippen molar-refractivity contribution >= 4 is 0 Å². The summed E-state index contributed by atoms with van der Waals surface area (Å²) in [4.78, 5) is 2.37. The molecule has 0 aliphatic carbocycles. The highest BCUT2D eigenvalue weighted by Gasteiger charge is 2.25. The third-order valence-electron chi connectivity index (χ3n) is 4.04. The molecule has 0 aromatic heterocycles. The van der Waals surface area contributed by atoms with Gasteiger partial charge in [0.15, 0.2) is 0 Å². The summed E-state index contributed by atoms with van der Waals surface area (Å²) >= 11 is 0. The van der Waals surface area contributed by atoms with Crippen molar-refractivity contribution in [2.45, 2.75) is 38.3 Å². The molecule has 1 fully saturated rings. The Kier molecular flexibility index (Phi) is 4.89. The number of hydrogen-bond donors (Lipinski definition) is 1. The molecular formula is C16H25NO3. The molecule has 4 heteroatoms. The lowest BCUT2D eigenvalue weighted by atomic mass is 9.98. The summed E-state index contributed by atoms with van der Waals surface area (Å²) in [6.07, 6.45) is 2.72. The molecule has 112 valence electrons. The number of rotatable bonds is 4. The highest BCUT2D eigenvalue weighted by Crippen LogP contribution is 2.27. The lowest BCUT2D eigenvalue weighted by molar-refractivity contribution is 0.0444. The summed E-state index contributed by atoms with van der Waals surface area (Å²) in [5, 5.41) is 10.1. The fourth-order valence-electron chi connectivity index (χ4n) is 2.72. The first-order chi connectivity index (χ1) is 9.54. The minimum absolute atomic E-state index is 0.521. The van der Waals surface area contributed by atoms with Crippen molar-refractivity contribution in [3.05, 3.63) is 23.8 Å². The van der Waals surface area contributed by atoms with E-state index in [-0.39, 0.29) is 0 Å². The number of benzene rings is 1. The van der Waals surface area contributed by atoms with Gasteiger partial charge in [-0.3, -0.25) is 4.90 Å². The summed E-state index contributed by atoms with van der Waals surface area (Å²) in [7, 11) is 3.37. The number of hydrogen-bond acceptors (Lipinski definition) is 4. The van der Waals surface area contributed by atoms with Crippen molar-refractivity contribution in [2.24, 2.45) is 0 Å². The summed E-state index contributed by atoms with van der Waals surface area (Å²) in [6.45, 7) is 4.68. The fourth-order valence-corrected chi connectivity index (χ4v) is 2.72. The summed E-state index contributed by atoms with van der Waals surface area (Å²) < 4.78 is 10.7. The van der Waals surface area contributed by atoms with Crippen LogP contribution in [0.4, 0.5) is 0 Å². The molecule has 1 aliphatic heterocycles. The molecule has 1 heterocycles. The number of nitrogens with zero attached hydrogens (tertiary/aromatic N) is 1. The largest absolute Gasteiger partial charge is 0.497 e. The van der Waals surface area contributed by atoms with E-state index in [0.29, 0.717) is 0 Å². The maximum atomic E-state index is 10.1. The molecule has 1 aromatic rings. The average molecular weight is 279 g/mol. The van der Waals surface area contributed by atoms with Gasteiger partial charge in [-0.1, -0.05) is 0 Å². The van der Waals surface area contributed by atoms with Gasteiger partial charge in [-0.15, -0.1) is 0 Å². The molecule has 0 radical (unpaired) electrons. The SMILES string of the molecule is COc1ccc(OC)c(CN2CCCC(C)(O)CC2)c1. The molecule has 1 unspecified atom stereocenters. The van der Waals surface area contributed by atoms with E-state index in [1.807, 2.05) is 25.1 Å². The number of methoxy groups -OCH3 is 2. The minimum Gasteiger partial charge on any atom is -0.497 e. The first-order valence-corrected chi connectivity index (χ1v) is 7.20. The van der Waals surface area contributed by atoms with Crippen LogP contribution in [0.1, 0.15) is 31.7 Å². The highest BCUT2D eigenvalue weighted by atomic mass is 16.5. The topological polar surface area (TPSA) is 41.9 Å². The molecule has 4 nitrogen and oxygen atoms in total. The molecule has 1 saturated heterocycles. The number of aliphatic hydroxyl groups is 1. The van der Waals surface area contributed by atoms with Crippen LogP contribution in [0.3, 0.4) is 0 Å². The van der Waals surface area contributed by atoms with Crippen LogP contribution in [-0.4, -0.2) is 42.9 Å². The Morgan fingerprint density at radius 1 is 1.20 bits per heavy atom. The summed E-state index contributed by atoms with van der Waals surface area (Å²) in [5.41, 5.74) is 0.612. The van der Waals surface area contributed by atoms with Gasteiger partial charge in [0, 0.05) is 18.7 Å². The normalized spacial score (nSPS) is 24.2. The molecule has 1 aromatic carbocycles. The van der Waals surface area contributed by atoms with Crippen molar-refractivity contribution in [1.82, 2.24) is 4.90 Å². The lowest BCUT2D eigenvalue weighted by Crippen LogP contribution is -2.28. The summed E-state index contributed by atoms with van der Waals surface area (Å²) in [5.74, 6) is 1.74. The van der Waals surface area contributed by atoms with E-state index >= 15 is 0 Å². The zero-order valence-corrected chi connectivity index (χ0v) is 12.7. The Labute approximate surface area is 121 Å². The van der Waals surface area contributed by atoms with E-state index < -0.39 is 5.60 Å². The van der Waals surface area contributed by atoms with E-state index in [1.54, 1.807) is 14.2 Å². The monoisotopic (exact) mass is 279 g/mol. The molecule has 1 N–H and O–H groups in total. The summed E-state index contributed by atoms with van der Waals surface area (Å²) in [6, 6.07) is 5.89. The van der Waals surface area contributed by atoms with Crippen molar-refractivity contribution < 1.29 is 14.6 Å². The second-order valence-electron chi connectivity index (χ2n) is 5.80. The van der Waals surface area contributed by atoms with Gasteiger partial charge in [-0.05, 0) is 50.9 Å². The Bertz CT molecular complexity index is 445. The molecule has 1 aliphatic rings. The van der Waals surface area contributed by atoms with Crippen LogP contribution in [0.25, 0.3) is 0 Å². The Morgan fingerprint density at radius 3 is 2.70 bits per heavy atom. The Morgan fingerprint density at radius 2 is 2.00 bits per heavy atom. The maximum Gasteiger partial charge on any atom is 0.123 e. The molecule has 2 rings (SSSR count). The van der Waals surface area contributed by atoms with Crippen molar-refractivity contribution in [3.8, 4) is 11.5 Å². The van der Waals surface area contributed by atoms with Gasteiger partial charge in [0.1, 0.15) is 11.5 Å². The van der Waals surface area contributed by atoms with Crippen LogP contribution in [-0.2, 0) is 6.54 Å². The van der Waals surface area contributed by atoms with Gasteiger partial charge in [0.05, 0.1) is 19.8 Å². The third kappa shape index (κ3) is 3.87. The number of ether oxygens (including phenoxy) is 2. The highest BCUT2D eigenvalue weighted by molar-refractivity contribution is 5.40. The average Bonchev–Trinajstić information content (AvgIpc) is 2.60. The maximum absolute atomic E-state index is 10.1. The third-order valence-corrected chi connectivity index (χ3v) is 4.04. The Balaban J connectivity index is 2.08. The van der Waals surface area contributed by atoms with Gasteiger partial charge < -0.3 is 14.6 Å². The predicted octanol–water partition coefficient (Wildman–Crippen LogP) is 2.44. The molecule has 0 spiro atoms. The van der Waals surface area contributed by atoms with Crippen LogP contribution in [0, 0.1) is 0 Å². The molecule has 0 saturated carbocycles. The lowest BCUT2D eigenvalue weighted by Gasteiger charge is -2.23.